The summed E-state index contributed by atoms with van der Waals surface area (Å²) in [5, 5.41) is 3.18. The second-order valence-electron chi connectivity index (χ2n) is 7.00. The molecular formula is C23H33N3O2. The zero-order valence-electron chi connectivity index (χ0n) is 17.7. The maximum absolute atomic E-state index is 13.2. The van der Waals surface area contributed by atoms with E-state index in [-0.39, 0.29) is 18.0 Å². The molecule has 0 saturated heterocycles. The van der Waals surface area contributed by atoms with Crippen LogP contribution < -0.4 is 10.1 Å². The molecular weight excluding hydrogens is 350 g/mol. The molecule has 5 heteroatoms. The molecule has 2 unspecified atom stereocenters. The molecule has 0 aliphatic carbocycles. The SMILES string of the molecule is CCN(CC)C(C(=O)NCC(c1ccccc1OC)N(C)C)c1ccccc1. The Balaban J connectivity index is 2.22. The number of hydrogen-bond acceptors (Lipinski definition) is 4. The summed E-state index contributed by atoms with van der Waals surface area (Å²) in [7, 11) is 5.71. The summed E-state index contributed by atoms with van der Waals surface area (Å²) in [4.78, 5) is 17.5. The van der Waals surface area contributed by atoms with Gasteiger partial charge in [-0.05, 0) is 38.8 Å². The summed E-state index contributed by atoms with van der Waals surface area (Å²) in [6.45, 7) is 6.31. The van der Waals surface area contributed by atoms with E-state index in [0.29, 0.717) is 6.54 Å². The number of nitrogens with one attached hydrogen (secondary N) is 1. The summed E-state index contributed by atoms with van der Waals surface area (Å²) in [6.07, 6.45) is 0. The zero-order valence-corrected chi connectivity index (χ0v) is 17.7. The summed E-state index contributed by atoms with van der Waals surface area (Å²) in [5.74, 6) is 0.857. The molecule has 0 saturated carbocycles. The van der Waals surface area contributed by atoms with E-state index >= 15 is 0 Å². The van der Waals surface area contributed by atoms with E-state index in [9.17, 15) is 4.79 Å². The number of nitrogens with zero attached hydrogens (tertiary/aromatic N) is 2. The van der Waals surface area contributed by atoms with Crippen molar-refractivity contribution in [1.82, 2.24) is 15.1 Å². The summed E-state index contributed by atoms with van der Waals surface area (Å²) in [6, 6.07) is 17.7. The van der Waals surface area contributed by atoms with E-state index in [0.717, 1.165) is 30.0 Å². The maximum atomic E-state index is 13.2. The topological polar surface area (TPSA) is 44.8 Å². The Kier molecular flexibility index (Phi) is 8.48. The Hall–Kier alpha value is -2.37. The molecule has 2 rings (SSSR count). The van der Waals surface area contributed by atoms with Crippen LogP contribution in [0.4, 0.5) is 0 Å². The van der Waals surface area contributed by atoms with Gasteiger partial charge in [-0.25, -0.2) is 0 Å². The predicted molar refractivity (Wildman–Crippen MR) is 115 cm³/mol. The number of rotatable bonds is 10. The molecule has 0 aliphatic rings. The van der Waals surface area contributed by atoms with Gasteiger partial charge in [-0.1, -0.05) is 62.4 Å². The Morgan fingerprint density at radius 2 is 1.61 bits per heavy atom. The number of carbonyl (C=O) groups is 1. The van der Waals surface area contributed by atoms with Gasteiger partial charge in [-0.15, -0.1) is 0 Å². The minimum atomic E-state index is -0.295. The van der Waals surface area contributed by atoms with Gasteiger partial charge in [0.15, 0.2) is 0 Å². The number of hydrogen-bond donors (Lipinski definition) is 1. The monoisotopic (exact) mass is 383 g/mol. The Morgan fingerprint density at radius 1 is 1.00 bits per heavy atom. The van der Waals surface area contributed by atoms with Gasteiger partial charge in [0, 0.05) is 12.1 Å². The van der Waals surface area contributed by atoms with Crippen LogP contribution in [0, 0.1) is 0 Å². The van der Waals surface area contributed by atoms with Crippen molar-refractivity contribution < 1.29 is 9.53 Å². The summed E-state index contributed by atoms with van der Waals surface area (Å²) in [5.41, 5.74) is 2.08. The van der Waals surface area contributed by atoms with Gasteiger partial charge in [-0.2, -0.15) is 0 Å². The van der Waals surface area contributed by atoms with Crippen molar-refractivity contribution in [1.29, 1.82) is 0 Å². The number of para-hydroxylation sites is 1. The number of likely N-dealkylation sites (N-methyl/N-ethyl adjacent to an activating group) is 2. The summed E-state index contributed by atoms with van der Waals surface area (Å²) < 4.78 is 5.53. The summed E-state index contributed by atoms with van der Waals surface area (Å²) >= 11 is 0. The van der Waals surface area contributed by atoms with Gasteiger partial charge in [0.05, 0.1) is 13.2 Å². The molecule has 0 bridgehead atoms. The van der Waals surface area contributed by atoms with Crippen LogP contribution in [0.3, 0.4) is 0 Å². The minimum absolute atomic E-state index is 0.0215. The van der Waals surface area contributed by atoms with E-state index in [1.807, 2.05) is 62.6 Å². The van der Waals surface area contributed by atoms with Gasteiger partial charge in [0.2, 0.25) is 5.91 Å². The lowest BCUT2D eigenvalue weighted by Gasteiger charge is -2.31. The van der Waals surface area contributed by atoms with E-state index in [2.05, 4.69) is 35.0 Å². The molecule has 0 spiro atoms. The molecule has 0 heterocycles. The first kappa shape index (κ1) is 21.9. The van der Waals surface area contributed by atoms with Crippen LogP contribution in [0.5, 0.6) is 5.75 Å². The first-order valence-corrected chi connectivity index (χ1v) is 9.89. The van der Waals surface area contributed by atoms with Gasteiger partial charge < -0.3 is 15.0 Å². The smallest absolute Gasteiger partial charge is 0.242 e. The lowest BCUT2D eigenvalue weighted by atomic mass is 10.0. The molecule has 1 amide bonds. The van der Waals surface area contributed by atoms with Crippen molar-refractivity contribution in [3.63, 3.8) is 0 Å². The molecule has 0 radical (unpaired) electrons. The van der Waals surface area contributed by atoms with Crippen molar-refractivity contribution >= 4 is 5.91 Å². The third-order valence-electron chi connectivity index (χ3n) is 5.13. The molecule has 2 aromatic rings. The highest BCUT2D eigenvalue weighted by atomic mass is 16.5. The van der Waals surface area contributed by atoms with Gasteiger partial charge in [-0.3, -0.25) is 9.69 Å². The van der Waals surface area contributed by atoms with Crippen LogP contribution >= 0.6 is 0 Å². The van der Waals surface area contributed by atoms with E-state index in [1.54, 1.807) is 7.11 Å². The highest BCUT2D eigenvalue weighted by Gasteiger charge is 2.27. The maximum Gasteiger partial charge on any atom is 0.242 e. The minimum Gasteiger partial charge on any atom is -0.496 e. The first-order valence-electron chi connectivity index (χ1n) is 9.89. The third kappa shape index (κ3) is 5.33. The molecule has 152 valence electrons. The van der Waals surface area contributed by atoms with Crippen molar-refractivity contribution in [3.8, 4) is 5.75 Å². The predicted octanol–water partition coefficient (Wildman–Crippen LogP) is 3.50. The van der Waals surface area contributed by atoms with Crippen molar-refractivity contribution in [3.05, 3.63) is 65.7 Å². The Bertz CT molecular complexity index is 730. The number of ether oxygens (including phenoxy) is 1. The molecule has 0 fully saturated rings. The first-order chi connectivity index (χ1) is 13.5. The van der Waals surface area contributed by atoms with Crippen LogP contribution in [0.1, 0.15) is 37.1 Å². The molecule has 2 atom stereocenters. The second kappa shape index (κ2) is 10.8. The third-order valence-corrected chi connectivity index (χ3v) is 5.13. The van der Waals surface area contributed by atoms with Gasteiger partial charge >= 0.3 is 0 Å². The number of benzene rings is 2. The number of methoxy groups -OCH3 is 1. The average Bonchev–Trinajstić information content (AvgIpc) is 2.72. The van der Waals surface area contributed by atoms with Crippen LogP contribution in [0.25, 0.3) is 0 Å². The van der Waals surface area contributed by atoms with Crippen molar-refractivity contribution in [2.45, 2.75) is 25.9 Å². The van der Waals surface area contributed by atoms with Crippen LogP contribution in [-0.2, 0) is 4.79 Å². The van der Waals surface area contributed by atoms with Gasteiger partial charge in [0.1, 0.15) is 11.8 Å². The Labute approximate surface area is 169 Å². The standard InChI is InChI=1S/C23H33N3O2/c1-6-26(7-2)22(18-13-9-8-10-14-18)23(27)24-17-20(25(3)4)19-15-11-12-16-21(19)28-5/h8-16,20,22H,6-7,17H2,1-5H3,(H,24,27). The normalized spacial score (nSPS) is 13.4. The quantitative estimate of drug-likeness (QED) is 0.682. The van der Waals surface area contributed by atoms with E-state index < -0.39 is 0 Å². The molecule has 0 aromatic heterocycles. The molecule has 0 aliphatic heterocycles. The van der Waals surface area contributed by atoms with Gasteiger partial charge in [0.25, 0.3) is 0 Å². The lowest BCUT2D eigenvalue weighted by molar-refractivity contribution is -0.126. The molecule has 2 aromatic carbocycles. The second-order valence-corrected chi connectivity index (χ2v) is 7.00. The number of carbonyl (C=O) groups excluding carboxylic acids is 1. The molecule has 5 nitrogen and oxygen atoms in total. The van der Waals surface area contributed by atoms with Crippen molar-refractivity contribution in [2.24, 2.45) is 0 Å². The molecule has 1 N–H and O–H groups in total. The highest BCUT2D eigenvalue weighted by Crippen LogP contribution is 2.28. The van der Waals surface area contributed by atoms with E-state index in [4.69, 9.17) is 4.74 Å². The van der Waals surface area contributed by atoms with Crippen LogP contribution in [-0.4, -0.2) is 56.5 Å². The van der Waals surface area contributed by atoms with Crippen molar-refractivity contribution in [2.75, 3.05) is 40.8 Å². The Morgan fingerprint density at radius 3 is 2.18 bits per heavy atom. The fraction of sp³-hybridized carbons (Fsp3) is 0.435. The highest BCUT2D eigenvalue weighted by molar-refractivity contribution is 5.83. The van der Waals surface area contributed by atoms with Crippen LogP contribution in [0.2, 0.25) is 0 Å². The average molecular weight is 384 g/mol. The lowest BCUT2D eigenvalue weighted by Crippen LogP contribution is -2.43. The van der Waals surface area contributed by atoms with Crippen LogP contribution in [0.15, 0.2) is 54.6 Å². The van der Waals surface area contributed by atoms with E-state index in [1.165, 1.54) is 0 Å². The number of amides is 1. The zero-order chi connectivity index (χ0) is 20.5. The molecule has 28 heavy (non-hydrogen) atoms. The fourth-order valence-electron chi connectivity index (χ4n) is 3.56. The fourth-order valence-corrected chi connectivity index (χ4v) is 3.56. The largest absolute Gasteiger partial charge is 0.496 e.